The van der Waals surface area contributed by atoms with Crippen molar-refractivity contribution < 1.29 is 75.4 Å². The van der Waals surface area contributed by atoms with E-state index in [4.69, 9.17) is 16.3 Å². The smallest absolute Gasteiger partial charge is 0.378 e. The summed E-state index contributed by atoms with van der Waals surface area (Å²) in [6, 6.07) is -7.79. The van der Waals surface area contributed by atoms with Gasteiger partial charge in [0.05, 0.1) is 36.8 Å². The molecule has 1 spiro atoms. The van der Waals surface area contributed by atoms with Gasteiger partial charge in [0.25, 0.3) is 0 Å². The number of halogens is 4. The van der Waals surface area contributed by atoms with E-state index in [2.05, 4.69) is 21.3 Å². The number of aryl methyl sites for hydroxylation is 1. The van der Waals surface area contributed by atoms with Gasteiger partial charge in [0.15, 0.2) is 0 Å². The molecule has 9 rings (SSSR count). The Labute approximate surface area is 608 Å². The molecule has 25 nitrogen and oxygen atoms in total. The number of rotatable bonds is 11. The predicted octanol–water partition coefficient (Wildman–Crippen LogP) is 5.60. The van der Waals surface area contributed by atoms with E-state index in [0.717, 1.165) is 87.7 Å². The molecular weight excluding hydrogens is 1360 g/mol. The number of hydrogen-bond acceptors (Lipinski definition) is 13. The van der Waals surface area contributed by atoms with Crippen molar-refractivity contribution in [3.05, 3.63) is 34.3 Å². The summed E-state index contributed by atoms with van der Waals surface area (Å²) in [6.45, 7) is 5.39. The largest absolute Gasteiger partial charge is 0.417 e. The lowest BCUT2D eigenvalue weighted by molar-refractivity contribution is -0.158. The van der Waals surface area contributed by atoms with Crippen LogP contribution in [0.3, 0.4) is 0 Å². The van der Waals surface area contributed by atoms with Crippen molar-refractivity contribution in [2.45, 2.75) is 254 Å². The molecule has 1 aromatic rings. The van der Waals surface area contributed by atoms with Crippen LogP contribution in [0.5, 0.6) is 0 Å². The Bertz CT molecular complexity index is 3260. The molecule has 0 bridgehead atoms. The third-order valence-electron chi connectivity index (χ3n) is 23.8. The number of morpholine rings is 1. The number of nitrogens with zero attached hydrogens (tertiary/aromatic N) is 8. The van der Waals surface area contributed by atoms with Gasteiger partial charge in [-0.3, -0.25) is 57.5 Å². The van der Waals surface area contributed by atoms with Crippen LogP contribution in [0.4, 0.5) is 13.2 Å². The Kier molecular flexibility index (Phi) is 27.4. The molecule has 10 atom stereocenters. The molecule has 8 aliphatic rings. The van der Waals surface area contributed by atoms with E-state index in [0.29, 0.717) is 44.1 Å². The quantitative estimate of drug-likeness (QED) is 0.210. The standard InChI is InChI=1S/C74H110ClF3N12O13/c1-9-45(2)61-65(95)79-46(3)66(96)90-35-31-55(90)69(99)85(6)57(42-48-20-11-10-12-21-48)68(98)83(4)44-59(91)80-53(30-28-49-27-29-51(52(75)40-49)74(76,77)78)67(97)89-34-19-26-54(89)64(94)82-73(32-17-18-33-73)72(102)87(8)62(50-24-15-16-25-50)71(101)86(7)58(70(100)88-36-38-103-39-37-88)43-60(92)84(5)56(63(93)81-61)41-47-22-13-14-23-47/h27,29,40,45-48,50,53-58,61-62H,9-26,28,30-39,41-44H2,1-8H3,(H,79,95)(H,80,91)(H,81,93)(H,82,94)/t45-,46-,53-,54-,55-,56-,57-,58-,61-,62-/m0/s1. The lowest BCUT2D eigenvalue weighted by atomic mass is 9.84. The monoisotopic (exact) mass is 1470 g/mol. The zero-order chi connectivity index (χ0) is 74.8. The van der Waals surface area contributed by atoms with E-state index in [1.54, 1.807) is 6.92 Å². The number of carbonyl (C=O) groups is 12. The zero-order valence-electron chi connectivity index (χ0n) is 61.5. The molecule has 103 heavy (non-hydrogen) atoms. The molecule has 4 heterocycles. The van der Waals surface area contributed by atoms with Crippen LogP contribution in [-0.2, 0) is 74.9 Å². The van der Waals surface area contributed by atoms with Crippen molar-refractivity contribution >= 4 is 82.5 Å². The second kappa shape index (κ2) is 35.3. The van der Waals surface area contributed by atoms with Gasteiger partial charge >= 0.3 is 6.18 Å². The van der Waals surface area contributed by atoms with Gasteiger partial charge in [-0.1, -0.05) is 121 Å². The Morgan fingerprint density at radius 2 is 1.24 bits per heavy atom. The van der Waals surface area contributed by atoms with Gasteiger partial charge in [-0.15, -0.1) is 0 Å². The minimum atomic E-state index is -4.76. The fraction of sp³-hybridized carbons (Fsp3) is 0.757. The van der Waals surface area contributed by atoms with Crippen LogP contribution in [0.2, 0.25) is 5.02 Å². The molecule has 0 unspecified atom stereocenters. The summed E-state index contributed by atoms with van der Waals surface area (Å²) < 4.78 is 47.3. The molecular formula is C74H110ClF3N12O13. The van der Waals surface area contributed by atoms with Crippen LogP contribution in [0.1, 0.15) is 192 Å². The number of hydrogen-bond donors (Lipinski definition) is 4. The average Bonchev–Trinajstić information content (AvgIpc) is 1.77. The van der Waals surface area contributed by atoms with Crippen molar-refractivity contribution in [2.24, 2.45) is 23.7 Å². The second-order valence-corrected chi connectivity index (χ2v) is 31.1. The summed E-state index contributed by atoms with van der Waals surface area (Å²) in [5.74, 6) is -8.45. The van der Waals surface area contributed by atoms with E-state index in [1.807, 2.05) is 6.92 Å². The van der Waals surface area contributed by atoms with Crippen LogP contribution >= 0.6 is 11.6 Å². The average molecular weight is 1470 g/mol. The predicted molar refractivity (Wildman–Crippen MR) is 376 cm³/mol. The van der Waals surface area contributed by atoms with E-state index in [1.165, 1.54) is 82.5 Å². The van der Waals surface area contributed by atoms with Crippen molar-refractivity contribution in [1.82, 2.24) is 60.5 Å². The van der Waals surface area contributed by atoms with E-state index in [-0.39, 0.29) is 103 Å². The summed E-state index contributed by atoms with van der Waals surface area (Å²) in [5.41, 5.74) is -2.34. The molecule has 29 heteroatoms. The van der Waals surface area contributed by atoms with Gasteiger partial charge in [0, 0.05) is 61.4 Å². The number of fused-ring (bicyclic) bond motifs is 2. The number of alkyl halides is 3. The van der Waals surface area contributed by atoms with Crippen LogP contribution in [0, 0.1) is 23.7 Å². The Hall–Kier alpha value is -7.10. The number of likely N-dealkylation sites (N-methyl/N-ethyl adjacent to an activating group) is 5. The number of amides is 12. The molecule has 0 radical (unpaired) electrons. The van der Waals surface area contributed by atoms with Crippen LogP contribution in [-0.4, -0.2) is 251 Å². The van der Waals surface area contributed by atoms with Crippen molar-refractivity contribution in [3.8, 4) is 0 Å². The number of benzene rings is 1. The van der Waals surface area contributed by atoms with Gasteiger partial charge < -0.3 is 65.2 Å². The van der Waals surface area contributed by atoms with E-state index >= 15 is 33.6 Å². The van der Waals surface area contributed by atoms with E-state index in [9.17, 15) is 37.1 Å². The van der Waals surface area contributed by atoms with Crippen LogP contribution in [0.25, 0.3) is 0 Å². The highest BCUT2D eigenvalue weighted by Gasteiger charge is 2.52. The van der Waals surface area contributed by atoms with Crippen LogP contribution in [0.15, 0.2) is 18.2 Å². The maximum atomic E-state index is 15.8. The summed E-state index contributed by atoms with van der Waals surface area (Å²) in [7, 11) is 7.30. The lowest BCUT2D eigenvalue weighted by Gasteiger charge is -2.44. The SMILES string of the molecule is CC[C@H](C)[C@@H]1NC(=O)[C@H](CC2CCCC2)N(C)C(=O)C[C@@H](C(=O)N2CCOCC2)N(C)C(=O)[C@H](C2CCCC2)N(C)C(=O)C2(CCCC2)NC(=O)[C@@H]2CCCN2C(=O)[C@H](CCc2ccc(C(F)(F)F)c(Cl)c2)NC(=O)CN(C)C(=O)[C@H](CC2CCCCC2)N(C)C(=O)[C@@H]2CCN2C(=O)[C@H](C)NC1=O. The summed E-state index contributed by atoms with van der Waals surface area (Å²) >= 11 is 6.17. The molecule has 12 amide bonds. The maximum absolute atomic E-state index is 15.8. The first kappa shape index (κ1) is 80.0. The Morgan fingerprint density at radius 1 is 0.631 bits per heavy atom. The fourth-order valence-electron chi connectivity index (χ4n) is 17.2. The lowest BCUT2D eigenvalue weighted by Crippen LogP contribution is -2.65. The summed E-state index contributed by atoms with van der Waals surface area (Å²) in [6.07, 6.45) is 7.65. The normalized spacial score (nSPS) is 29.0. The van der Waals surface area contributed by atoms with E-state index < -0.39 is 172 Å². The highest BCUT2D eigenvalue weighted by molar-refractivity contribution is 6.31. The summed E-state index contributed by atoms with van der Waals surface area (Å²) in [5, 5.41) is 11.1. The first-order valence-electron chi connectivity index (χ1n) is 37.8. The van der Waals surface area contributed by atoms with Crippen LogP contribution < -0.4 is 21.3 Å². The second-order valence-electron chi connectivity index (χ2n) is 30.7. The first-order chi connectivity index (χ1) is 48.9. The Morgan fingerprint density at radius 3 is 1.84 bits per heavy atom. The topological polar surface area (TPSA) is 288 Å². The number of carbonyl (C=O) groups excluding carboxylic acids is 12. The van der Waals surface area contributed by atoms with Crippen molar-refractivity contribution in [1.29, 1.82) is 0 Å². The molecule has 0 aromatic heterocycles. The minimum Gasteiger partial charge on any atom is -0.378 e. The molecule has 572 valence electrons. The maximum Gasteiger partial charge on any atom is 0.417 e. The molecule has 4 saturated heterocycles. The molecule has 8 fully saturated rings. The van der Waals surface area contributed by atoms with Gasteiger partial charge in [0.2, 0.25) is 70.9 Å². The van der Waals surface area contributed by atoms with Gasteiger partial charge in [-0.2, -0.15) is 13.2 Å². The molecule has 4 aliphatic carbocycles. The zero-order valence-corrected chi connectivity index (χ0v) is 62.2. The highest BCUT2D eigenvalue weighted by atomic mass is 35.5. The third-order valence-corrected chi connectivity index (χ3v) is 24.1. The summed E-state index contributed by atoms with van der Waals surface area (Å²) in [4.78, 5) is 192. The number of nitrogens with one attached hydrogen (secondary N) is 4. The number of ether oxygens (including phenoxy) is 1. The molecule has 4 N–H and O–H groups in total. The third kappa shape index (κ3) is 18.9. The fourth-order valence-corrected chi connectivity index (χ4v) is 17.5. The van der Waals surface area contributed by atoms with Crippen molar-refractivity contribution in [2.75, 3.05) is 81.2 Å². The first-order valence-corrected chi connectivity index (χ1v) is 38.2. The minimum absolute atomic E-state index is 0.0238. The molecule has 4 aliphatic heterocycles. The Balaban J connectivity index is 1.08. The highest BCUT2D eigenvalue weighted by Crippen LogP contribution is 2.39. The molecule has 4 saturated carbocycles. The van der Waals surface area contributed by atoms with Gasteiger partial charge in [-0.25, -0.2) is 0 Å². The van der Waals surface area contributed by atoms with Gasteiger partial charge in [0.1, 0.15) is 59.9 Å². The van der Waals surface area contributed by atoms with Gasteiger partial charge in [-0.05, 0) is 119 Å². The van der Waals surface area contributed by atoms with Crippen molar-refractivity contribution in [3.63, 3.8) is 0 Å². The molecule has 1 aromatic carbocycles.